The quantitative estimate of drug-likeness (QED) is 0.289. The van der Waals surface area contributed by atoms with E-state index in [2.05, 4.69) is 26.5 Å². The second-order valence-electron chi connectivity index (χ2n) is 6.89. The van der Waals surface area contributed by atoms with Gasteiger partial charge in [-0.3, -0.25) is 4.79 Å². The third-order valence-electron chi connectivity index (χ3n) is 4.89. The molecule has 0 atom stereocenters. The summed E-state index contributed by atoms with van der Waals surface area (Å²) in [7, 11) is 3.14. The minimum absolute atomic E-state index is 0.321. The molecule has 1 N–H and O–H groups in total. The van der Waals surface area contributed by atoms with Crippen LogP contribution in [0.25, 0.3) is 22.2 Å². The molecule has 0 fully saturated rings. The summed E-state index contributed by atoms with van der Waals surface area (Å²) in [5.74, 6) is 0.887. The van der Waals surface area contributed by atoms with E-state index in [1.165, 1.54) is 0 Å². The highest BCUT2D eigenvalue weighted by molar-refractivity contribution is 9.10. The summed E-state index contributed by atoms with van der Waals surface area (Å²) < 4.78 is 11.5. The molecule has 1 heterocycles. The zero-order chi connectivity index (χ0) is 22.5. The van der Waals surface area contributed by atoms with Gasteiger partial charge in [-0.1, -0.05) is 46.3 Å². The molecule has 0 saturated carbocycles. The van der Waals surface area contributed by atoms with Crippen molar-refractivity contribution in [2.24, 2.45) is 5.10 Å². The first kappa shape index (κ1) is 21.5. The fourth-order valence-corrected chi connectivity index (χ4v) is 3.55. The summed E-state index contributed by atoms with van der Waals surface area (Å²) in [6, 6.07) is 22.5. The maximum absolute atomic E-state index is 13.0. The monoisotopic (exact) mass is 489 g/mol. The molecule has 4 rings (SSSR count). The molecule has 6 nitrogen and oxygen atoms in total. The average molecular weight is 490 g/mol. The fourth-order valence-electron chi connectivity index (χ4n) is 3.29. The molecule has 0 bridgehead atoms. The largest absolute Gasteiger partial charge is 0.493 e. The van der Waals surface area contributed by atoms with Gasteiger partial charge >= 0.3 is 0 Å². The Balaban J connectivity index is 1.63. The van der Waals surface area contributed by atoms with Crippen LogP contribution in [0.4, 0.5) is 0 Å². The van der Waals surface area contributed by atoms with Crippen molar-refractivity contribution in [1.82, 2.24) is 10.4 Å². The topological polar surface area (TPSA) is 72.8 Å². The molecule has 0 saturated heterocycles. The zero-order valence-electron chi connectivity index (χ0n) is 17.5. The smallest absolute Gasteiger partial charge is 0.272 e. The van der Waals surface area contributed by atoms with Gasteiger partial charge in [-0.05, 0) is 48.0 Å². The molecule has 0 spiro atoms. The number of rotatable bonds is 6. The van der Waals surface area contributed by atoms with Crippen molar-refractivity contribution in [2.45, 2.75) is 0 Å². The number of fused-ring (bicyclic) bond motifs is 1. The number of halogens is 1. The van der Waals surface area contributed by atoms with Gasteiger partial charge in [-0.15, -0.1) is 0 Å². The van der Waals surface area contributed by atoms with E-state index in [0.29, 0.717) is 22.8 Å². The maximum atomic E-state index is 13.0. The highest BCUT2D eigenvalue weighted by Gasteiger charge is 2.13. The number of para-hydroxylation sites is 1. The van der Waals surface area contributed by atoms with E-state index in [0.717, 1.165) is 26.5 Å². The van der Waals surface area contributed by atoms with Gasteiger partial charge in [0.2, 0.25) is 0 Å². The third kappa shape index (κ3) is 4.63. The summed E-state index contributed by atoms with van der Waals surface area (Å²) >= 11 is 3.44. The molecule has 4 aromatic rings. The number of hydrogen-bond acceptors (Lipinski definition) is 5. The Morgan fingerprint density at radius 3 is 2.47 bits per heavy atom. The van der Waals surface area contributed by atoms with Crippen molar-refractivity contribution in [3.8, 4) is 22.8 Å². The number of ether oxygens (including phenoxy) is 2. The molecule has 160 valence electrons. The first-order valence-corrected chi connectivity index (χ1v) is 10.6. The van der Waals surface area contributed by atoms with Crippen LogP contribution in [0.2, 0.25) is 0 Å². The number of methoxy groups -OCH3 is 2. The molecule has 0 aliphatic heterocycles. The standard InChI is InChI=1S/C25H20BrN3O3/c1-31-23-12-7-16(13-24(23)32-2)15-27-29-25(30)20-14-22(17-8-10-18(26)11-9-17)28-21-6-4-3-5-19(20)21/h3-15H,1-2H3,(H,29,30)/b27-15+. The van der Waals surface area contributed by atoms with E-state index in [-0.39, 0.29) is 5.91 Å². The lowest BCUT2D eigenvalue weighted by atomic mass is 10.0. The van der Waals surface area contributed by atoms with Crippen molar-refractivity contribution in [3.05, 3.63) is 88.4 Å². The normalized spacial score (nSPS) is 11.0. The number of pyridine rings is 1. The van der Waals surface area contributed by atoms with Crippen molar-refractivity contribution >= 4 is 39.0 Å². The van der Waals surface area contributed by atoms with Crippen molar-refractivity contribution < 1.29 is 14.3 Å². The second-order valence-corrected chi connectivity index (χ2v) is 7.81. The van der Waals surface area contributed by atoms with E-state index in [1.807, 2.05) is 54.6 Å². The first-order chi connectivity index (χ1) is 15.6. The zero-order valence-corrected chi connectivity index (χ0v) is 19.1. The molecule has 0 aliphatic rings. The Labute approximate surface area is 194 Å². The van der Waals surface area contributed by atoms with Crippen LogP contribution in [0.5, 0.6) is 11.5 Å². The summed E-state index contributed by atoms with van der Waals surface area (Å²) in [5.41, 5.74) is 6.25. The highest BCUT2D eigenvalue weighted by atomic mass is 79.9. The average Bonchev–Trinajstić information content (AvgIpc) is 2.83. The summed E-state index contributed by atoms with van der Waals surface area (Å²) in [4.78, 5) is 17.7. The Hall–Kier alpha value is -3.71. The minimum atomic E-state index is -0.321. The van der Waals surface area contributed by atoms with Crippen LogP contribution in [0.3, 0.4) is 0 Å². The summed E-state index contributed by atoms with van der Waals surface area (Å²) in [6.07, 6.45) is 1.55. The molecule has 0 radical (unpaired) electrons. The SMILES string of the molecule is COc1ccc(/C=N/NC(=O)c2cc(-c3ccc(Br)cc3)nc3ccccc23)cc1OC. The van der Waals surface area contributed by atoms with E-state index in [1.54, 1.807) is 38.6 Å². The molecular weight excluding hydrogens is 470 g/mol. The molecule has 3 aromatic carbocycles. The molecule has 32 heavy (non-hydrogen) atoms. The van der Waals surface area contributed by atoms with Crippen LogP contribution in [-0.2, 0) is 0 Å². The second kappa shape index (κ2) is 9.62. The lowest BCUT2D eigenvalue weighted by Crippen LogP contribution is -2.18. The van der Waals surface area contributed by atoms with Crippen LogP contribution >= 0.6 is 15.9 Å². The van der Waals surface area contributed by atoms with Gasteiger partial charge in [0.05, 0.1) is 37.2 Å². The highest BCUT2D eigenvalue weighted by Crippen LogP contribution is 2.27. The summed E-state index contributed by atoms with van der Waals surface area (Å²) in [5, 5.41) is 4.88. The fraction of sp³-hybridized carbons (Fsp3) is 0.0800. The molecular formula is C25H20BrN3O3. The molecule has 0 aliphatic carbocycles. The predicted molar refractivity (Wildman–Crippen MR) is 129 cm³/mol. The number of amides is 1. The predicted octanol–water partition coefficient (Wildman–Crippen LogP) is 5.45. The van der Waals surface area contributed by atoms with Gasteiger partial charge in [0.1, 0.15) is 0 Å². The first-order valence-electron chi connectivity index (χ1n) is 9.80. The van der Waals surface area contributed by atoms with Gasteiger partial charge in [-0.2, -0.15) is 5.10 Å². The summed E-state index contributed by atoms with van der Waals surface area (Å²) in [6.45, 7) is 0. The van der Waals surface area contributed by atoms with Crippen LogP contribution in [0.1, 0.15) is 15.9 Å². The van der Waals surface area contributed by atoms with Gasteiger partial charge in [0, 0.05) is 15.4 Å². The number of nitrogens with zero attached hydrogens (tertiary/aromatic N) is 2. The van der Waals surface area contributed by atoms with Crippen LogP contribution < -0.4 is 14.9 Å². The van der Waals surface area contributed by atoms with Crippen molar-refractivity contribution in [2.75, 3.05) is 14.2 Å². The van der Waals surface area contributed by atoms with Gasteiger partial charge in [0.15, 0.2) is 11.5 Å². The number of nitrogens with one attached hydrogen (secondary N) is 1. The third-order valence-corrected chi connectivity index (χ3v) is 5.42. The van der Waals surface area contributed by atoms with Gasteiger partial charge < -0.3 is 9.47 Å². The van der Waals surface area contributed by atoms with Crippen LogP contribution in [-0.4, -0.2) is 31.3 Å². The van der Waals surface area contributed by atoms with Gasteiger partial charge in [-0.25, -0.2) is 10.4 Å². The minimum Gasteiger partial charge on any atom is -0.493 e. The Bertz CT molecular complexity index is 1300. The lowest BCUT2D eigenvalue weighted by Gasteiger charge is -2.09. The number of aromatic nitrogens is 1. The number of hydrogen-bond donors (Lipinski definition) is 1. The molecule has 1 aromatic heterocycles. The Kier molecular flexibility index (Phi) is 6.47. The number of hydrazone groups is 1. The van der Waals surface area contributed by atoms with E-state index >= 15 is 0 Å². The van der Waals surface area contributed by atoms with Crippen molar-refractivity contribution in [3.63, 3.8) is 0 Å². The Morgan fingerprint density at radius 2 is 1.72 bits per heavy atom. The molecule has 7 heteroatoms. The number of benzene rings is 3. The van der Waals surface area contributed by atoms with E-state index in [9.17, 15) is 4.79 Å². The number of carbonyl (C=O) groups is 1. The lowest BCUT2D eigenvalue weighted by molar-refractivity contribution is 0.0956. The van der Waals surface area contributed by atoms with Crippen molar-refractivity contribution in [1.29, 1.82) is 0 Å². The van der Waals surface area contributed by atoms with E-state index < -0.39 is 0 Å². The van der Waals surface area contributed by atoms with E-state index in [4.69, 9.17) is 14.5 Å². The maximum Gasteiger partial charge on any atom is 0.272 e. The van der Waals surface area contributed by atoms with Gasteiger partial charge in [0.25, 0.3) is 5.91 Å². The molecule has 1 amide bonds. The molecule has 0 unspecified atom stereocenters. The Morgan fingerprint density at radius 1 is 0.969 bits per heavy atom. The van der Waals surface area contributed by atoms with Crippen LogP contribution in [0.15, 0.2) is 82.4 Å². The van der Waals surface area contributed by atoms with Crippen LogP contribution in [0, 0.1) is 0 Å². The number of carbonyl (C=O) groups excluding carboxylic acids is 1.